The van der Waals surface area contributed by atoms with Crippen LogP contribution >= 0.6 is 11.6 Å². The molecule has 0 aliphatic heterocycles. The van der Waals surface area contributed by atoms with Crippen molar-refractivity contribution in [3.05, 3.63) is 29.3 Å². The van der Waals surface area contributed by atoms with Gasteiger partial charge in [-0.05, 0) is 13.0 Å². The molecule has 0 spiro atoms. The van der Waals surface area contributed by atoms with Crippen molar-refractivity contribution in [2.45, 2.75) is 19.1 Å². The number of hydrogen-bond donors (Lipinski definition) is 2. The average Bonchev–Trinajstić information content (AvgIpc) is 2.20. The van der Waals surface area contributed by atoms with E-state index in [0.29, 0.717) is 11.1 Å². The molecule has 0 saturated heterocycles. The van der Waals surface area contributed by atoms with Crippen LogP contribution in [0.3, 0.4) is 0 Å². The fraction of sp³-hybridized carbons (Fsp3) is 0.444. The van der Waals surface area contributed by atoms with Gasteiger partial charge in [-0.3, -0.25) is 0 Å². The van der Waals surface area contributed by atoms with Crippen LogP contribution in [0.2, 0.25) is 0 Å². The summed E-state index contributed by atoms with van der Waals surface area (Å²) in [5.74, 6) is -0.668. The van der Waals surface area contributed by atoms with Crippen molar-refractivity contribution >= 4 is 11.6 Å². The molecule has 14 heavy (non-hydrogen) atoms. The monoisotopic (exact) mass is 219 g/mol. The topological polar surface area (TPSA) is 53.4 Å². The zero-order chi connectivity index (χ0) is 10.7. The largest absolute Gasteiger partial charge is 0.389 e. The van der Waals surface area contributed by atoms with Gasteiger partial charge >= 0.3 is 0 Å². The maximum atomic E-state index is 12.8. The molecule has 3 nitrogen and oxygen atoms in total. The first-order chi connectivity index (χ1) is 6.56. The third-order valence-electron chi connectivity index (χ3n) is 1.90. The quantitative estimate of drug-likeness (QED) is 0.593. The molecular weight excluding hydrogens is 209 g/mol. The Morgan fingerprint density at radius 3 is 2.71 bits per heavy atom. The molecule has 0 saturated carbocycles. The van der Waals surface area contributed by atoms with Crippen molar-refractivity contribution in [2.24, 2.45) is 0 Å². The smallest absolute Gasteiger partial charge is 0.215 e. The Hall–Kier alpha value is -0.710. The van der Waals surface area contributed by atoms with Gasteiger partial charge in [-0.2, -0.15) is 4.39 Å². The molecule has 2 unspecified atom stereocenters. The predicted octanol–water partition coefficient (Wildman–Crippen LogP) is 1.16. The Morgan fingerprint density at radius 2 is 2.21 bits per heavy atom. The highest BCUT2D eigenvalue weighted by Gasteiger charge is 2.18. The number of hydrogen-bond acceptors (Lipinski definition) is 3. The summed E-state index contributed by atoms with van der Waals surface area (Å²) in [6.45, 7) is 1.53. The van der Waals surface area contributed by atoms with Gasteiger partial charge in [-0.1, -0.05) is 0 Å². The van der Waals surface area contributed by atoms with Crippen LogP contribution in [0.25, 0.3) is 0 Å². The fourth-order valence-corrected chi connectivity index (χ4v) is 1.22. The third-order valence-corrected chi connectivity index (χ3v) is 2.22. The lowest BCUT2D eigenvalue weighted by Gasteiger charge is -2.15. The van der Waals surface area contributed by atoms with Crippen molar-refractivity contribution in [1.29, 1.82) is 0 Å². The molecule has 0 fully saturated rings. The number of aliphatic hydroxyl groups excluding tert-OH is 2. The normalized spacial score (nSPS) is 15.2. The summed E-state index contributed by atoms with van der Waals surface area (Å²) in [6.07, 6.45) is -1.01. The maximum Gasteiger partial charge on any atom is 0.215 e. The molecule has 2 N–H and O–H groups in total. The minimum absolute atomic E-state index is 0.0857. The van der Waals surface area contributed by atoms with E-state index in [9.17, 15) is 14.6 Å². The van der Waals surface area contributed by atoms with E-state index >= 15 is 0 Å². The van der Waals surface area contributed by atoms with Gasteiger partial charge in [0.2, 0.25) is 5.95 Å². The number of aryl methyl sites for hydroxylation is 1. The van der Waals surface area contributed by atoms with Crippen LogP contribution in [0.15, 0.2) is 12.3 Å². The standard InChI is InChI=1S/C9H11ClFNO2/c1-5-2-6(4-12-9(5)11)8(14)7(13)3-10/h2,4,7-8,13-14H,3H2,1H3. The second-order valence-corrected chi connectivity index (χ2v) is 3.35. The highest BCUT2D eigenvalue weighted by molar-refractivity contribution is 6.18. The Labute approximate surface area is 86.2 Å². The van der Waals surface area contributed by atoms with Crippen molar-refractivity contribution in [1.82, 2.24) is 4.98 Å². The molecule has 0 aromatic carbocycles. The van der Waals surface area contributed by atoms with Crippen LogP contribution in [0, 0.1) is 12.9 Å². The Bertz CT molecular complexity index is 322. The summed E-state index contributed by atoms with van der Waals surface area (Å²) in [6, 6.07) is 1.43. The Morgan fingerprint density at radius 1 is 1.57 bits per heavy atom. The summed E-state index contributed by atoms with van der Waals surface area (Å²) in [7, 11) is 0. The molecule has 0 bridgehead atoms. The van der Waals surface area contributed by atoms with E-state index in [1.54, 1.807) is 0 Å². The lowest BCUT2D eigenvalue weighted by molar-refractivity contribution is 0.0324. The first-order valence-corrected chi connectivity index (χ1v) is 4.64. The summed E-state index contributed by atoms with van der Waals surface area (Å²) in [5.41, 5.74) is 0.681. The van der Waals surface area contributed by atoms with Gasteiger partial charge in [0.25, 0.3) is 0 Å². The summed E-state index contributed by atoms with van der Waals surface area (Å²) in [4.78, 5) is 3.44. The molecule has 5 heteroatoms. The van der Waals surface area contributed by atoms with Crippen LogP contribution in [0.4, 0.5) is 4.39 Å². The molecule has 1 rings (SSSR count). The highest BCUT2D eigenvalue weighted by Crippen LogP contribution is 2.18. The molecule has 0 aliphatic rings. The van der Waals surface area contributed by atoms with Crippen LogP contribution in [-0.2, 0) is 0 Å². The number of nitrogens with zero attached hydrogens (tertiary/aromatic N) is 1. The first kappa shape index (κ1) is 11.4. The summed E-state index contributed by atoms with van der Waals surface area (Å²) >= 11 is 5.36. The number of pyridine rings is 1. The lowest BCUT2D eigenvalue weighted by Crippen LogP contribution is -2.20. The number of halogens is 2. The molecule has 78 valence electrons. The number of rotatable bonds is 3. The Kier molecular flexibility index (Phi) is 3.80. The summed E-state index contributed by atoms with van der Waals surface area (Å²) in [5, 5.41) is 18.7. The van der Waals surface area contributed by atoms with Crippen LogP contribution < -0.4 is 0 Å². The summed E-state index contributed by atoms with van der Waals surface area (Å²) < 4.78 is 12.8. The second kappa shape index (κ2) is 4.68. The predicted molar refractivity (Wildman–Crippen MR) is 50.6 cm³/mol. The third kappa shape index (κ3) is 2.41. The maximum absolute atomic E-state index is 12.8. The van der Waals surface area contributed by atoms with Gasteiger partial charge < -0.3 is 10.2 Å². The van der Waals surface area contributed by atoms with E-state index in [0.717, 1.165) is 0 Å². The van der Waals surface area contributed by atoms with E-state index in [-0.39, 0.29) is 5.88 Å². The van der Waals surface area contributed by atoms with Crippen molar-refractivity contribution in [3.8, 4) is 0 Å². The fourth-order valence-electron chi connectivity index (χ4n) is 1.05. The molecule has 2 atom stereocenters. The van der Waals surface area contributed by atoms with E-state index in [4.69, 9.17) is 11.6 Å². The van der Waals surface area contributed by atoms with E-state index in [1.807, 2.05) is 0 Å². The van der Waals surface area contributed by atoms with Gasteiger partial charge in [-0.25, -0.2) is 4.98 Å². The zero-order valence-corrected chi connectivity index (χ0v) is 8.37. The van der Waals surface area contributed by atoms with Crippen LogP contribution in [0.5, 0.6) is 0 Å². The minimum atomic E-state index is -1.13. The molecule has 1 aromatic heterocycles. The van der Waals surface area contributed by atoms with Crippen molar-refractivity contribution < 1.29 is 14.6 Å². The lowest BCUT2D eigenvalue weighted by atomic mass is 10.1. The van der Waals surface area contributed by atoms with Gasteiger partial charge in [-0.15, -0.1) is 11.6 Å². The van der Waals surface area contributed by atoms with E-state index in [1.165, 1.54) is 19.2 Å². The molecule has 0 amide bonds. The van der Waals surface area contributed by atoms with Crippen LogP contribution in [-0.4, -0.2) is 27.2 Å². The average molecular weight is 220 g/mol. The van der Waals surface area contributed by atoms with Gasteiger partial charge in [0.1, 0.15) is 6.10 Å². The van der Waals surface area contributed by atoms with E-state index in [2.05, 4.69) is 4.98 Å². The van der Waals surface area contributed by atoms with Gasteiger partial charge in [0, 0.05) is 17.3 Å². The van der Waals surface area contributed by atoms with Gasteiger partial charge in [0.15, 0.2) is 0 Å². The SMILES string of the molecule is Cc1cc(C(O)C(O)CCl)cnc1F. The molecular formula is C9H11ClFNO2. The van der Waals surface area contributed by atoms with E-state index < -0.39 is 18.2 Å². The molecule has 1 heterocycles. The highest BCUT2D eigenvalue weighted by atomic mass is 35.5. The minimum Gasteiger partial charge on any atom is -0.389 e. The van der Waals surface area contributed by atoms with Crippen molar-refractivity contribution in [2.75, 3.05) is 5.88 Å². The number of aliphatic hydroxyl groups is 2. The molecule has 1 aromatic rings. The second-order valence-electron chi connectivity index (χ2n) is 3.04. The van der Waals surface area contributed by atoms with Crippen molar-refractivity contribution in [3.63, 3.8) is 0 Å². The first-order valence-electron chi connectivity index (χ1n) is 4.10. The van der Waals surface area contributed by atoms with Gasteiger partial charge in [0.05, 0.1) is 12.0 Å². The molecule has 0 radical (unpaired) electrons. The number of aromatic nitrogens is 1. The molecule has 0 aliphatic carbocycles. The number of alkyl halides is 1. The Balaban J connectivity index is 2.91. The zero-order valence-electron chi connectivity index (χ0n) is 7.61. The van der Waals surface area contributed by atoms with Crippen LogP contribution in [0.1, 0.15) is 17.2 Å².